The Bertz CT molecular complexity index is 775. The third kappa shape index (κ3) is 4.62. The van der Waals surface area contributed by atoms with E-state index in [0.29, 0.717) is 36.2 Å². The topological polar surface area (TPSA) is 63.7 Å². The standard InChI is InChI=1S/C20H24INO4S/c1-12-3-5-13(6-4-12)19(24)22(14-7-9-15(23)10-8-14)16-11-17(21)27-18(16)20(25)26-2/h3,11,13-14H,4-10H2,1-2H3. The summed E-state index contributed by atoms with van der Waals surface area (Å²) < 4.78 is 5.89. The summed E-state index contributed by atoms with van der Waals surface area (Å²) in [6.45, 7) is 2.10. The zero-order valence-electron chi connectivity index (χ0n) is 15.6. The van der Waals surface area contributed by atoms with Gasteiger partial charge in [0.05, 0.1) is 15.7 Å². The number of amides is 1. The van der Waals surface area contributed by atoms with E-state index >= 15 is 0 Å². The Hall–Kier alpha value is -1.22. The molecule has 1 atom stereocenters. The van der Waals surface area contributed by atoms with E-state index in [1.54, 1.807) is 0 Å². The van der Waals surface area contributed by atoms with Crippen molar-refractivity contribution in [3.63, 3.8) is 0 Å². The first kappa shape index (κ1) is 20.5. The van der Waals surface area contributed by atoms with E-state index in [-0.39, 0.29) is 23.7 Å². The molecule has 5 nitrogen and oxygen atoms in total. The van der Waals surface area contributed by atoms with Crippen LogP contribution in [0.25, 0.3) is 0 Å². The van der Waals surface area contributed by atoms with Gasteiger partial charge in [-0.25, -0.2) is 4.79 Å². The fraction of sp³-hybridized carbons (Fsp3) is 0.550. The van der Waals surface area contributed by atoms with E-state index in [2.05, 4.69) is 35.6 Å². The lowest BCUT2D eigenvalue weighted by Gasteiger charge is -2.36. The molecule has 1 saturated carbocycles. The monoisotopic (exact) mass is 501 g/mol. The molecule has 1 fully saturated rings. The number of Topliss-reactive ketones (excluding diaryl/α,β-unsaturated/α-hetero) is 1. The molecular formula is C20H24INO4S. The van der Waals surface area contributed by atoms with Gasteiger partial charge in [-0.05, 0) is 67.7 Å². The molecule has 7 heteroatoms. The van der Waals surface area contributed by atoms with Crippen LogP contribution < -0.4 is 4.90 Å². The summed E-state index contributed by atoms with van der Waals surface area (Å²) in [6.07, 6.45) is 6.93. The number of esters is 1. The molecule has 0 N–H and O–H groups in total. The maximum atomic E-state index is 13.5. The number of thiophene rings is 1. The van der Waals surface area contributed by atoms with Gasteiger partial charge in [0.2, 0.25) is 5.91 Å². The summed E-state index contributed by atoms with van der Waals surface area (Å²) >= 11 is 3.52. The fourth-order valence-electron chi connectivity index (χ4n) is 3.83. The van der Waals surface area contributed by atoms with Crippen molar-refractivity contribution < 1.29 is 19.1 Å². The van der Waals surface area contributed by atoms with Crippen LogP contribution in [0.2, 0.25) is 0 Å². The molecule has 1 amide bonds. The summed E-state index contributed by atoms with van der Waals surface area (Å²) in [6, 6.07) is 1.85. The lowest BCUT2D eigenvalue weighted by atomic mass is 9.87. The van der Waals surface area contributed by atoms with Gasteiger partial charge in [0.25, 0.3) is 0 Å². The highest BCUT2D eigenvalue weighted by molar-refractivity contribution is 14.1. The number of carbonyl (C=O) groups excluding carboxylic acids is 3. The van der Waals surface area contributed by atoms with Gasteiger partial charge in [0.1, 0.15) is 10.7 Å². The number of methoxy groups -OCH3 is 1. The van der Waals surface area contributed by atoms with Gasteiger partial charge < -0.3 is 9.64 Å². The minimum Gasteiger partial charge on any atom is -0.465 e. The van der Waals surface area contributed by atoms with E-state index in [9.17, 15) is 14.4 Å². The van der Waals surface area contributed by atoms with Crippen molar-refractivity contribution in [2.75, 3.05) is 12.0 Å². The van der Waals surface area contributed by atoms with E-state index in [1.165, 1.54) is 24.0 Å². The lowest BCUT2D eigenvalue weighted by Crippen LogP contribution is -2.46. The van der Waals surface area contributed by atoms with Crippen LogP contribution in [0.3, 0.4) is 0 Å². The number of nitrogens with zero attached hydrogens (tertiary/aromatic N) is 1. The predicted molar refractivity (Wildman–Crippen MR) is 114 cm³/mol. The van der Waals surface area contributed by atoms with Gasteiger partial charge in [0.15, 0.2) is 0 Å². The van der Waals surface area contributed by atoms with Gasteiger partial charge in [-0.1, -0.05) is 11.6 Å². The molecule has 146 valence electrons. The molecule has 0 saturated heterocycles. The maximum absolute atomic E-state index is 13.5. The van der Waals surface area contributed by atoms with Crippen molar-refractivity contribution >= 4 is 57.3 Å². The van der Waals surface area contributed by atoms with Crippen molar-refractivity contribution in [2.45, 2.75) is 57.9 Å². The average Bonchev–Trinajstić information content (AvgIpc) is 3.04. The van der Waals surface area contributed by atoms with E-state index in [0.717, 1.165) is 22.1 Å². The highest BCUT2D eigenvalue weighted by Crippen LogP contribution is 2.38. The molecule has 2 aliphatic carbocycles. The van der Waals surface area contributed by atoms with Crippen LogP contribution >= 0.6 is 33.9 Å². The second kappa shape index (κ2) is 8.86. The van der Waals surface area contributed by atoms with Crippen molar-refractivity contribution in [3.8, 4) is 0 Å². The number of ketones is 1. The van der Waals surface area contributed by atoms with Gasteiger partial charge >= 0.3 is 5.97 Å². The quantitative estimate of drug-likeness (QED) is 0.340. The Morgan fingerprint density at radius 1 is 1.22 bits per heavy atom. The minimum atomic E-state index is -0.415. The van der Waals surface area contributed by atoms with Crippen LogP contribution in [0.1, 0.15) is 61.5 Å². The van der Waals surface area contributed by atoms with Crippen molar-refractivity contribution in [3.05, 3.63) is 25.5 Å². The molecule has 0 aromatic carbocycles. The third-order valence-corrected chi connectivity index (χ3v) is 7.28. The van der Waals surface area contributed by atoms with Crippen molar-refractivity contribution in [2.24, 2.45) is 5.92 Å². The summed E-state index contributed by atoms with van der Waals surface area (Å²) in [5.41, 5.74) is 1.97. The molecule has 1 aromatic heterocycles. The third-order valence-electron chi connectivity index (χ3n) is 5.42. The highest BCUT2D eigenvalue weighted by atomic mass is 127. The van der Waals surface area contributed by atoms with Crippen LogP contribution in [-0.4, -0.2) is 30.8 Å². The normalized spacial score (nSPS) is 20.9. The molecule has 1 aromatic rings. The first-order valence-electron chi connectivity index (χ1n) is 9.28. The molecule has 1 heterocycles. The Morgan fingerprint density at radius 2 is 1.93 bits per heavy atom. The Kier molecular flexibility index (Phi) is 6.73. The maximum Gasteiger partial charge on any atom is 0.350 e. The SMILES string of the molecule is COC(=O)c1sc(I)cc1N(C(=O)C1CC=C(C)CC1)C1CCC(=O)CC1. The number of hydrogen-bond donors (Lipinski definition) is 0. The van der Waals surface area contributed by atoms with Crippen LogP contribution in [-0.2, 0) is 14.3 Å². The number of ether oxygens (including phenoxy) is 1. The summed E-state index contributed by atoms with van der Waals surface area (Å²) in [4.78, 5) is 39.8. The zero-order valence-corrected chi connectivity index (χ0v) is 18.6. The Labute approximate surface area is 177 Å². The van der Waals surface area contributed by atoms with Crippen LogP contribution in [0, 0.1) is 8.80 Å². The fourth-order valence-corrected chi connectivity index (χ4v) is 5.58. The van der Waals surface area contributed by atoms with Gasteiger partial charge in [-0.2, -0.15) is 0 Å². The second-order valence-corrected chi connectivity index (χ2v) is 10.2. The van der Waals surface area contributed by atoms with E-state index in [4.69, 9.17) is 4.74 Å². The molecule has 0 aliphatic heterocycles. The van der Waals surface area contributed by atoms with Crippen LogP contribution in [0.15, 0.2) is 17.7 Å². The van der Waals surface area contributed by atoms with Crippen molar-refractivity contribution in [1.82, 2.24) is 0 Å². The Balaban J connectivity index is 1.97. The average molecular weight is 501 g/mol. The molecule has 0 spiro atoms. The van der Waals surface area contributed by atoms with Crippen LogP contribution in [0.5, 0.6) is 0 Å². The zero-order chi connectivity index (χ0) is 19.6. The number of anilines is 1. The lowest BCUT2D eigenvalue weighted by molar-refractivity contribution is -0.125. The molecule has 0 bridgehead atoms. The van der Waals surface area contributed by atoms with Gasteiger partial charge in [0, 0.05) is 24.8 Å². The molecule has 1 unspecified atom stereocenters. The van der Waals surface area contributed by atoms with Crippen molar-refractivity contribution in [1.29, 1.82) is 0 Å². The minimum absolute atomic E-state index is 0.0454. The number of hydrogen-bond acceptors (Lipinski definition) is 5. The molecule has 0 radical (unpaired) electrons. The predicted octanol–water partition coefficient (Wildman–Crippen LogP) is 4.73. The number of allylic oxidation sites excluding steroid dienone is 2. The largest absolute Gasteiger partial charge is 0.465 e. The van der Waals surface area contributed by atoms with Crippen LogP contribution in [0.4, 0.5) is 5.69 Å². The number of rotatable bonds is 4. The highest BCUT2D eigenvalue weighted by Gasteiger charge is 2.36. The first-order chi connectivity index (χ1) is 12.9. The summed E-state index contributed by atoms with van der Waals surface area (Å²) in [5.74, 6) is -0.170. The Morgan fingerprint density at radius 3 is 2.52 bits per heavy atom. The second-order valence-electron chi connectivity index (χ2n) is 7.26. The van der Waals surface area contributed by atoms with E-state index < -0.39 is 5.97 Å². The van der Waals surface area contributed by atoms with Gasteiger partial charge in [-0.3, -0.25) is 9.59 Å². The summed E-state index contributed by atoms with van der Waals surface area (Å²) in [5, 5.41) is 0. The smallest absolute Gasteiger partial charge is 0.350 e. The number of carbonyl (C=O) groups is 3. The number of halogens is 1. The molecular weight excluding hydrogens is 477 g/mol. The molecule has 3 rings (SSSR count). The molecule has 27 heavy (non-hydrogen) atoms. The molecule has 2 aliphatic rings. The summed E-state index contributed by atoms with van der Waals surface area (Å²) in [7, 11) is 1.36. The van der Waals surface area contributed by atoms with E-state index in [1.807, 2.05) is 11.0 Å². The first-order valence-corrected chi connectivity index (χ1v) is 11.2. The van der Waals surface area contributed by atoms with Gasteiger partial charge in [-0.15, -0.1) is 11.3 Å².